The molecule has 0 bridgehead atoms. The fourth-order valence-electron chi connectivity index (χ4n) is 2.17. The van der Waals surface area contributed by atoms with Crippen LogP contribution in [-0.4, -0.2) is 18.6 Å². The highest BCUT2D eigenvalue weighted by Gasteiger charge is 2.17. The zero-order valence-electron chi connectivity index (χ0n) is 11.2. The smallest absolute Gasteiger partial charge is 0.124 e. The maximum atomic E-state index is 5.50. The van der Waals surface area contributed by atoms with Crippen molar-refractivity contribution in [3.8, 4) is 5.75 Å². The summed E-state index contributed by atoms with van der Waals surface area (Å²) in [6.07, 6.45) is 1.94. The van der Waals surface area contributed by atoms with Crippen molar-refractivity contribution in [3.63, 3.8) is 0 Å². The summed E-state index contributed by atoms with van der Waals surface area (Å²) in [5, 5.41) is 3.48. The summed E-state index contributed by atoms with van der Waals surface area (Å²) in [4.78, 5) is 3.27. The van der Waals surface area contributed by atoms with Gasteiger partial charge in [-0.2, -0.15) is 0 Å². The lowest BCUT2D eigenvalue weighted by molar-refractivity contribution is 0.403. The Morgan fingerprint density at radius 3 is 2.78 bits per heavy atom. The minimum absolute atomic E-state index is 0.139. The van der Waals surface area contributed by atoms with Crippen LogP contribution in [0.2, 0.25) is 0 Å². The predicted octanol–water partition coefficient (Wildman–Crippen LogP) is 3.03. The van der Waals surface area contributed by atoms with Gasteiger partial charge in [0.05, 0.1) is 13.2 Å². The Bertz CT molecular complexity index is 491. The molecule has 0 aliphatic carbocycles. The van der Waals surface area contributed by atoms with Crippen LogP contribution < -0.4 is 10.1 Å². The maximum absolute atomic E-state index is 5.50. The third-order valence-electron chi connectivity index (χ3n) is 3.04. The first-order valence-electron chi connectivity index (χ1n) is 6.27. The number of nitrogens with one attached hydrogen (secondary N) is 2. The number of aromatic amines is 1. The molecule has 0 aliphatic heterocycles. The highest BCUT2D eigenvalue weighted by atomic mass is 16.5. The summed E-state index contributed by atoms with van der Waals surface area (Å²) in [6.45, 7) is 5.08. The molecular formula is C15H20N2O. The molecule has 0 radical (unpaired) electrons. The summed E-state index contributed by atoms with van der Waals surface area (Å²) in [5.74, 6) is 0.926. The van der Waals surface area contributed by atoms with Crippen molar-refractivity contribution in [2.24, 2.45) is 0 Å². The summed E-state index contributed by atoms with van der Waals surface area (Å²) in [7, 11) is 1.72. The fraction of sp³-hybridized carbons (Fsp3) is 0.333. The second-order valence-corrected chi connectivity index (χ2v) is 4.36. The van der Waals surface area contributed by atoms with E-state index in [0.29, 0.717) is 0 Å². The van der Waals surface area contributed by atoms with E-state index in [-0.39, 0.29) is 6.04 Å². The van der Waals surface area contributed by atoms with Crippen molar-refractivity contribution in [1.29, 1.82) is 0 Å². The number of hydrogen-bond acceptors (Lipinski definition) is 2. The molecule has 1 aromatic heterocycles. The number of benzene rings is 1. The Morgan fingerprint density at radius 2 is 2.17 bits per heavy atom. The molecule has 2 aromatic rings. The van der Waals surface area contributed by atoms with Gasteiger partial charge in [-0.15, -0.1) is 0 Å². The van der Waals surface area contributed by atoms with E-state index < -0.39 is 0 Å². The molecule has 1 aromatic carbocycles. The SMILES string of the molecule is CCNC(c1ccc[nH]1)c1ccc(C)cc1OC. The van der Waals surface area contributed by atoms with Crippen molar-refractivity contribution in [2.45, 2.75) is 19.9 Å². The van der Waals surface area contributed by atoms with Gasteiger partial charge >= 0.3 is 0 Å². The molecule has 2 rings (SSSR count). The number of aromatic nitrogens is 1. The molecule has 0 saturated heterocycles. The Kier molecular flexibility index (Phi) is 4.05. The first-order valence-corrected chi connectivity index (χ1v) is 6.27. The molecule has 0 spiro atoms. The molecule has 0 saturated carbocycles. The van der Waals surface area contributed by atoms with Crippen molar-refractivity contribution < 1.29 is 4.74 Å². The number of H-pyrrole nitrogens is 1. The lowest BCUT2D eigenvalue weighted by atomic mass is 10.0. The normalized spacial score (nSPS) is 12.4. The molecule has 1 atom stereocenters. The summed E-state index contributed by atoms with van der Waals surface area (Å²) in [5.41, 5.74) is 3.52. The van der Waals surface area contributed by atoms with E-state index in [2.05, 4.69) is 48.4 Å². The molecule has 1 heterocycles. The van der Waals surface area contributed by atoms with E-state index in [1.807, 2.05) is 12.3 Å². The summed E-state index contributed by atoms with van der Waals surface area (Å²) >= 11 is 0. The van der Waals surface area contributed by atoms with Crippen LogP contribution in [0.5, 0.6) is 5.75 Å². The summed E-state index contributed by atoms with van der Waals surface area (Å²) in [6, 6.07) is 10.6. The van der Waals surface area contributed by atoms with Crippen LogP contribution in [-0.2, 0) is 0 Å². The zero-order chi connectivity index (χ0) is 13.0. The number of hydrogen-bond donors (Lipinski definition) is 2. The molecule has 0 aliphatic rings. The van der Waals surface area contributed by atoms with Gasteiger partial charge in [0, 0.05) is 17.5 Å². The third kappa shape index (κ3) is 2.57. The van der Waals surface area contributed by atoms with E-state index >= 15 is 0 Å². The topological polar surface area (TPSA) is 37.0 Å². The fourth-order valence-corrected chi connectivity index (χ4v) is 2.17. The quantitative estimate of drug-likeness (QED) is 0.848. The standard InChI is InChI=1S/C15H20N2O/c1-4-16-15(13-6-5-9-17-13)12-8-7-11(2)10-14(12)18-3/h5-10,15-17H,4H2,1-3H3. The van der Waals surface area contributed by atoms with E-state index in [1.54, 1.807) is 7.11 Å². The van der Waals surface area contributed by atoms with Gasteiger partial charge in [0.25, 0.3) is 0 Å². The zero-order valence-corrected chi connectivity index (χ0v) is 11.2. The highest BCUT2D eigenvalue weighted by molar-refractivity contribution is 5.42. The first kappa shape index (κ1) is 12.7. The van der Waals surface area contributed by atoms with Crippen LogP contribution in [0, 0.1) is 6.92 Å². The van der Waals surface area contributed by atoms with Crippen LogP contribution in [0.4, 0.5) is 0 Å². The highest BCUT2D eigenvalue weighted by Crippen LogP contribution is 2.30. The van der Waals surface area contributed by atoms with Crippen LogP contribution in [0.3, 0.4) is 0 Å². The Balaban J connectivity index is 2.42. The second-order valence-electron chi connectivity index (χ2n) is 4.36. The van der Waals surface area contributed by atoms with Crippen molar-refractivity contribution in [1.82, 2.24) is 10.3 Å². The molecule has 96 valence electrons. The molecular weight excluding hydrogens is 224 g/mol. The number of ether oxygens (including phenoxy) is 1. The molecule has 1 unspecified atom stereocenters. The Hall–Kier alpha value is -1.74. The monoisotopic (exact) mass is 244 g/mol. The maximum Gasteiger partial charge on any atom is 0.124 e. The van der Waals surface area contributed by atoms with Gasteiger partial charge in [0.1, 0.15) is 5.75 Å². The van der Waals surface area contributed by atoms with E-state index in [0.717, 1.165) is 23.6 Å². The van der Waals surface area contributed by atoms with Gasteiger partial charge in [-0.05, 0) is 37.2 Å². The average Bonchev–Trinajstić information content (AvgIpc) is 2.90. The van der Waals surface area contributed by atoms with Crippen molar-refractivity contribution in [2.75, 3.05) is 13.7 Å². The molecule has 18 heavy (non-hydrogen) atoms. The van der Waals surface area contributed by atoms with Crippen LogP contribution >= 0.6 is 0 Å². The van der Waals surface area contributed by atoms with Crippen LogP contribution in [0.1, 0.15) is 29.8 Å². The van der Waals surface area contributed by atoms with Gasteiger partial charge < -0.3 is 15.0 Å². The Morgan fingerprint density at radius 1 is 1.33 bits per heavy atom. The number of aryl methyl sites for hydroxylation is 1. The van der Waals surface area contributed by atoms with Crippen molar-refractivity contribution in [3.05, 3.63) is 53.3 Å². The van der Waals surface area contributed by atoms with Gasteiger partial charge in [0.2, 0.25) is 0 Å². The summed E-state index contributed by atoms with van der Waals surface area (Å²) < 4.78 is 5.50. The minimum Gasteiger partial charge on any atom is -0.496 e. The first-order chi connectivity index (χ1) is 8.76. The van der Waals surface area contributed by atoms with Crippen molar-refractivity contribution >= 4 is 0 Å². The minimum atomic E-state index is 0.139. The molecule has 0 amide bonds. The van der Waals surface area contributed by atoms with Gasteiger partial charge in [0.15, 0.2) is 0 Å². The lowest BCUT2D eigenvalue weighted by Crippen LogP contribution is -2.22. The molecule has 0 fully saturated rings. The number of methoxy groups -OCH3 is 1. The average molecular weight is 244 g/mol. The van der Waals surface area contributed by atoms with E-state index in [1.165, 1.54) is 5.56 Å². The number of rotatable bonds is 5. The second kappa shape index (κ2) is 5.74. The predicted molar refractivity (Wildman–Crippen MR) is 74.0 cm³/mol. The molecule has 3 heteroatoms. The van der Waals surface area contributed by atoms with E-state index in [9.17, 15) is 0 Å². The van der Waals surface area contributed by atoms with Gasteiger partial charge in [-0.1, -0.05) is 19.1 Å². The van der Waals surface area contributed by atoms with Crippen LogP contribution in [0.25, 0.3) is 0 Å². The van der Waals surface area contributed by atoms with Gasteiger partial charge in [-0.25, -0.2) is 0 Å². The van der Waals surface area contributed by atoms with Gasteiger partial charge in [-0.3, -0.25) is 0 Å². The van der Waals surface area contributed by atoms with E-state index in [4.69, 9.17) is 4.74 Å². The molecule has 2 N–H and O–H groups in total. The van der Waals surface area contributed by atoms with Crippen LogP contribution in [0.15, 0.2) is 36.5 Å². The lowest BCUT2D eigenvalue weighted by Gasteiger charge is -2.20. The molecule has 3 nitrogen and oxygen atoms in total. The third-order valence-corrected chi connectivity index (χ3v) is 3.04. The Labute approximate surface area is 108 Å². The largest absolute Gasteiger partial charge is 0.496 e.